The summed E-state index contributed by atoms with van der Waals surface area (Å²) in [5.74, 6) is 0.203. The van der Waals surface area contributed by atoms with Crippen molar-refractivity contribution < 1.29 is 4.79 Å². The average molecular weight is 322 g/mol. The van der Waals surface area contributed by atoms with Crippen LogP contribution >= 0.6 is 0 Å². The average Bonchev–Trinajstić information content (AvgIpc) is 2.89. The van der Waals surface area contributed by atoms with Crippen LogP contribution in [0.1, 0.15) is 28.7 Å². The number of nitrogens with zero attached hydrogens (tertiary/aromatic N) is 3. The van der Waals surface area contributed by atoms with Crippen LogP contribution in [0.4, 0.5) is 0 Å². The lowest BCUT2D eigenvalue weighted by atomic mass is 10.1. The molecule has 0 spiro atoms. The first kappa shape index (κ1) is 16.2. The summed E-state index contributed by atoms with van der Waals surface area (Å²) in [6, 6.07) is 11.6. The fourth-order valence-electron chi connectivity index (χ4n) is 2.87. The highest BCUT2D eigenvalue weighted by atomic mass is 16.1. The van der Waals surface area contributed by atoms with E-state index in [1.54, 1.807) is 6.20 Å². The first-order valence-electron chi connectivity index (χ1n) is 8.17. The summed E-state index contributed by atoms with van der Waals surface area (Å²) in [7, 11) is 0. The SMILES string of the molecule is Cc1cc(C)n(C[C@H](C)CNC(=O)c2cccc3cccnc23)n1. The van der Waals surface area contributed by atoms with Gasteiger partial charge in [0.15, 0.2) is 0 Å². The number of carbonyl (C=O) groups is 1. The van der Waals surface area contributed by atoms with Crippen molar-refractivity contribution in [3.63, 3.8) is 0 Å². The van der Waals surface area contributed by atoms with E-state index in [0.29, 0.717) is 12.1 Å². The van der Waals surface area contributed by atoms with Crippen molar-refractivity contribution in [3.05, 3.63) is 59.5 Å². The molecule has 0 aliphatic rings. The number of hydrogen-bond acceptors (Lipinski definition) is 3. The van der Waals surface area contributed by atoms with E-state index in [4.69, 9.17) is 0 Å². The van der Waals surface area contributed by atoms with Crippen molar-refractivity contribution in [2.24, 2.45) is 5.92 Å². The minimum Gasteiger partial charge on any atom is -0.352 e. The van der Waals surface area contributed by atoms with Gasteiger partial charge in [-0.2, -0.15) is 5.10 Å². The third kappa shape index (κ3) is 3.45. The van der Waals surface area contributed by atoms with Crippen LogP contribution < -0.4 is 5.32 Å². The molecule has 2 heterocycles. The molecule has 2 aromatic heterocycles. The highest BCUT2D eigenvalue weighted by Crippen LogP contribution is 2.16. The maximum Gasteiger partial charge on any atom is 0.253 e. The fourth-order valence-corrected chi connectivity index (χ4v) is 2.87. The Morgan fingerprint density at radius 2 is 2.04 bits per heavy atom. The Kier molecular flexibility index (Phi) is 4.60. The van der Waals surface area contributed by atoms with Crippen molar-refractivity contribution in [3.8, 4) is 0 Å². The molecule has 1 N–H and O–H groups in total. The second kappa shape index (κ2) is 6.83. The number of aryl methyl sites for hydroxylation is 2. The Hall–Kier alpha value is -2.69. The lowest BCUT2D eigenvalue weighted by Crippen LogP contribution is -2.30. The monoisotopic (exact) mass is 322 g/mol. The van der Waals surface area contributed by atoms with Crippen molar-refractivity contribution in [2.45, 2.75) is 27.3 Å². The van der Waals surface area contributed by atoms with E-state index in [-0.39, 0.29) is 11.8 Å². The Morgan fingerprint density at radius 1 is 1.25 bits per heavy atom. The summed E-state index contributed by atoms with van der Waals surface area (Å²) in [5.41, 5.74) is 3.52. The Bertz CT molecular complexity index is 863. The van der Waals surface area contributed by atoms with Crippen molar-refractivity contribution in [2.75, 3.05) is 6.54 Å². The quantitative estimate of drug-likeness (QED) is 0.785. The number of para-hydroxylation sites is 1. The van der Waals surface area contributed by atoms with Gasteiger partial charge in [-0.1, -0.05) is 25.1 Å². The van der Waals surface area contributed by atoms with E-state index >= 15 is 0 Å². The molecule has 3 rings (SSSR count). The van der Waals surface area contributed by atoms with Crippen molar-refractivity contribution in [1.29, 1.82) is 0 Å². The van der Waals surface area contributed by atoms with E-state index < -0.39 is 0 Å². The number of rotatable bonds is 5. The topological polar surface area (TPSA) is 59.8 Å². The van der Waals surface area contributed by atoms with Gasteiger partial charge in [-0.25, -0.2) is 0 Å². The number of aromatic nitrogens is 3. The molecule has 24 heavy (non-hydrogen) atoms. The molecule has 3 aromatic rings. The number of benzene rings is 1. The van der Waals surface area contributed by atoms with Gasteiger partial charge < -0.3 is 5.32 Å². The van der Waals surface area contributed by atoms with E-state index in [9.17, 15) is 4.79 Å². The molecule has 0 fully saturated rings. The summed E-state index contributed by atoms with van der Waals surface area (Å²) >= 11 is 0. The maximum atomic E-state index is 12.5. The van der Waals surface area contributed by atoms with Gasteiger partial charge in [0.25, 0.3) is 5.91 Å². The molecular weight excluding hydrogens is 300 g/mol. The lowest BCUT2D eigenvalue weighted by Gasteiger charge is -2.14. The summed E-state index contributed by atoms with van der Waals surface area (Å²) in [4.78, 5) is 16.8. The van der Waals surface area contributed by atoms with Crippen LogP contribution in [-0.2, 0) is 6.54 Å². The van der Waals surface area contributed by atoms with E-state index in [1.165, 1.54) is 0 Å². The molecule has 0 aliphatic carbocycles. The van der Waals surface area contributed by atoms with Gasteiger partial charge in [-0.05, 0) is 38.0 Å². The van der Waals surface area contributed by atoms with Gasteiger partial charge in [0.2, 0.25) is 0 Å². The van der Waals surface area contributed by atoms with Gasteiger partial charge >= 0.3 is 0 Å². The minimum absolute atomic E-state index is 0.0838. The molecule has 5 nitrogen and oxygen atoms in total. The first-order valence-corrected chi connectivity index (χ1v) is 8.17. The van der Waals surface area contributed by atoms with Crippen LogP contribution in [-0.4, -0.2) is 27.2 Å². The highest BCUT2D eigenvalue weighted by Gasteiger charge is 2.13. The van der Waals surface area contributed by atoms with Crippen LogP contribution in [0.25, 0.3) is 10.9 Å². The van der Waals surface area contributed by atoms with Gasteiger partial charge in [0.1, 0.15) is 0 Å². The van der Waals surface area contributed by atoms with Crippen LogP contribution in [0, 0.1) is 19.8 Å². The molecule has 5 heteroatoms. The zero-order valence-corrected chi connectivity index (χ0v) is 14.3. The molecule has 0 saturated heterocycles. The number of hydrogen-bond donors (Lipinski definition) is 1. The third-order valence-electron chi connectivity index (χ3n) is 4.08. The zero-order valence-electron chi connectivity index (χ0n) is 14.3. The predicted octanol–water partition coefficient (Wildman–Crippen LogP) is 3.11. The zero-order chi connectivity index (χ0) is 17.1. The molecule has 1 atom stereocenters. The smallest absolute Gasteiger partial charge is 0.253 e. The molecule has 0 unspecified atom stereocenters. The van der Waals surface area contributed by atoms with Crippen molar-refractivity contribution in [1.82, 2.24) is 20.1 Å². The standard InChI is InChI=1S/C19H22N4O/c1-13(12-23-15(3)10-14(2)22-23)11-21-19(24)17-8-4-6-16-7-5-9-20-18(16)17/h4-10,13H,11-12H2,1-3H3,(H,21,24)/t13-/m1/s1. The van der Waals surface area contributed by atoms with E-state index in [0.717, 1.165) is 28.8 Å². The minimum atomic E-state index is -0.0838. The summed E-state index contributed by atoms with van der Waals surface area (Å²) in [5, 5.41) is 8.46. The van der Waals surface area contributed by atoms with Gasteiger partial charge in [-0.15, -0.1) is 0 Å². The summed E-state index contributed by atoms with van der Waals surface area (Å²) in [6.45, 7) is 7.53. The second-order valence-electron chi connectivity index (χ2n) is 6.31. The molecule has 0 saturated carbocycles. The number of amides is 1. The lowest BCUT2D eigenvalue weighted by molar-refractivity contribution is 0.0948. The number of pyridine rings is 1. The van der Waals surface area contributed by atoms with E-state index in [1.807, 2.05) is 48.9 Å². The fraction of sp³-hybridized carbons (Fsp3) is 0.316. The first-order chi connectivity index (χ1) is 11.5. The summed E-state index contributed by atoms with van der Waals surface area (Å²) < 4.78 is 1.99. The third-order valence-corrected chi connectivity index (χ3v) is 4.08. The highest BCUT2D eigenvalue weighted by molar-refractivity contribution is 6.05. The largest absolute Gasteiger partial charge is 0.352 e. The van der Waals surface area contributed by atoms with Crippen LogP contribution in [0.15, 0.2) is 42.6 Å². The van der Waals surface area contributed by atoms with Gasteiger partial charge in [0.05, 0.1) is 16.8 Å². The Balaban J connectivity index is 1.65. The number of carbonyl (C=O) groups excluding carboxylic acids is 1. The summed E-state index contributed by atoms with van der Waals surface area (Å²) in [6.07, 6.45) is 1.71. The molecule has 0 radical (unpaired) electrons. The Labute approximate surface area is 141 Å². The predicted molar refractivity (Wildman–Crippen MR) is 94.9 cm³/mol. The number of nitrogens with one attached hydrogen (secondary N) is 1. The van der Waals surface area contributed by atoms with Crippen molar-refractivity contribution >= 4 is 16.8 Å². The Morgan fingerprint density at radius 3 is 2.79 bits per heavy atom. The molecule has 1 amide bonds. The molecule has 124 valence electrons. The van der Waals surface area contributed by atoms with Crippen LogP contribution in [0.3, 0.4) is 0 Å². The van der Waals surface area contributed by atoms with E-state index in [2.05, 4.69) is 28.4 Å². The molecule has 0 aliphatic heterocycles. The maximum absolute atomic E-state index is 12.5. The number of fused-ring (bicyclic) bond motifs is 1. The molecule has 1 aromatic carbocycles. The van der Waals surface area contributed by atoms with Gasteiger partial charge in [-0.3, -0.25) is 14.5 Å². The second-order valence-corrected chi connectivity index (χ2v) is 6.31. The molecule has 0 bridgehead atoms. The van der Waals surface area contributed by atoms with Crippen LogP contribution in [0.2, 0.25) is 0 Å². The van der Waals surface area contributed by atoms with Gasteiger partial charge in [0, 0.05) is 30.4 Å². The normalized spacial score (nSPS) is 12.3. The molecular formula is C19H22N4O. The van der Waals surface area contributed by atoms with Crippen LogP contribution in [0.5, 0.6) is 0 Å².